The Morgan fingerprint density at radius 2 is 1.82 bits per heavy atom. The first-order valence-corrected chi connectivity index (χ1v) is 6.97. The number of nitrogens with two attached hydrogens (primary N) is 1. The highest BCUT2D eigenvalue weighted by Crippen LogP contribution is 2.23. The molecule has 0 aliphatic heterocycles. The maximum atomic E-state index is 5.81. The minimum Gasteiger partial charge on any atom is -0.369 e. The third kappa shape index (κ3) is 2.88. The summed E-state index contributed by atoms with van der Waals surface area (Å²) in [5, 5.41) is 2.38. The first kappa shape index (κ1) is 14.0. The lowest BCUT2D eigenvalue weighted by molar-refractivity contribution is 0.614. The molecule has 0 saturated heterocycles. The van der Waals surface area contributed by atoms with Crippen molar-refractivity contribution in [2.24, 2.45) is 10.7 Å². The summed E-state index contributed by atoms with van der Waals surface area (Å²) in [6.07, 6.45) is 1.69. The number of fused-ring (bicyclic) bond motifs is 1. The number of rotatable bonds is 2. The summed E-state index contributed by atoms with van der Waals surface area (Å²) in [6.45, 7) is 0. The molecule has 2 aromatic carbocycles. The minimum atomic E-state index is 0.358. The van der Waals surface area contributed by atoms with Crippen LogP contribution in [-0.4, -0.2) is 34.9 Å². The SMILES string of the molecule is CN(C)/C(N)=N\c1nccc(-c2ccc3ccccc3c2)n1. The van der Waals surface area contributed by atoms with Gasteiger partial charge in [0.25, 0.3) is 5.95 Å². The Labute approximate surface area is 129 Å². The van der Waals surface area contributed by atoms with E-state index >= 15 is 0 Å². The van der Waals surface area contributed by atoms with E-state index in [1.165, 1.54) is 10.8 Å². The van der Waals surface area contributed by atoms with E-state index in [1.807, 2.05) is 38.4 Å². The molecule has 110 valence electrons. The van der Waals surface area contributed by atoms with Crippen LogP contribution >= 0.6 is 0 Å². The molecule has 5 nitrogen and oxygen atoms in total. The zero-order valence-corrected chi connectivity index (χ0v) is 12.6. The number of aliphatic imine (C=N–C) groups is 1. The van der Waals surface area contributed by atoms with E-state index in [0.29, 0.717) is 11.9 Å². The highest BCUT2D eigenvalue weighted by molar-refractivity contribution is 5.86. The molecule has 0 unspecified atom stereocenters. The molecule has 3 aromatic rings. The monoisotopic (exact) mass is 291 g/mol. The van der Waals surface area contributed by atoms with Crippen LogP contribution in [0.15, 0.2) is 59.7 Å². The fraction of sp³-hybridized carbons (Fsp3) is 0.118. The van der Waals surface area contributed by atoms with E-state index in [1.54, 1.807) is 11.1 Å². The van der Waals surface area contributed by atoms with Gasteiger partial charge in [0.1, 0.15) is 0 Å². The van der Waals surface area contributed by atoms with Crippen LogP contribution < -0.4 is 5.73 Å². The van der Waals surface area contributed by atoms with Crippen LogP contribution in [0.25, 0.3) is 22.0 Å². The van der Waals surface area contributed by atoms with Crippen molar-refractivity contribution in [1.82, 2.24) is 14.9 Å². The van der Waals surface area contributed by atoms with Crippen molar-refractivity contribution in [2.75, 3.05) is 14.1 Å². The highest BCUT2D eigenvalue weighted by atomic mass is 15.2. The number of nitrogens with zero attached hydrogens (tertiary/aromatic N) is 4. The summed E-state index contributed by atoms with van der Waals surface area (Å²) in [4.78, 5) is 14.5. The second kappa shape index (κ2) is 5.81. The van der Waals surface area contributed by atoms with Gasteiger partial charge in [0, 0.05) is 25.9 Å². The molecule has 3 rings (SSSR count). The molecule has 0 radical (unpaired) electrons. The molecular weight excluding hydrogens is 274 g/mol. The van der Waals surface area contributed by atoms with Crippen LogP contribution in [0.2, 0.25) is 0 Å². The lowest BCUT2D eigenvalue weighted by Crippen LogP contribution is -2.29. The third-order valence-electron chi connectivity index (χ3n) is 3.36. The van der Waals surface area contributed by atoms with E-state index in [9.17, 15) is 0 Å². The first-order valence-electron chi connectivity index (χ1n) is 6.97. The van der Waals surface area contributed by atoms with Crippen molar-refractivity contribution in [1.29, 1.82) is 0 Å². The second-order valence-electron chi connectivity index (χ2n) is 5.17. The Kier molecular flexibility index (Phi) is 3.70. The van der Waals surface area contributed by atoms with Gasteiger partial charge < -0.3 is 10.6 Å². The Morgan fingerprint density at radius 3 is 2.59 bits per heavy atom. The van der Waals surface area contributed by atoms with E-state index in [-0.39, 0.29) is 0 Å². The van der Waals surface area contributed by atoms with E-state index in [4.69, 9.17) is 5.73 Å². The number of guanidine groups is 1. The molecule has 0 bridgehead atoms. The molecular formula is C17H17N5. The average Bonchev–Trinajstić information content (AvgIpc) is 2.54. The van der Waals surface area contributed by atoms with E-state index in [2.05, 4.69) is 39.2 Å². The highest BCUT2D eigenvalue weighted by Gasteiger charge is 2.04. The number of hydrogen-bond acceptors (Lipinski definition) is 3. The Morgan fingerprint density at radius 1 is 1.05 bits per heavy atom. The fourth-order valence-corrected chi connectivity index (χ4v) is 2.11. The van der Waals surface area contributed by atoms with Crippen molar-refractivity contribution < 1.29 is 0 Å². The van der Waals surface area contributed by atoms with Crippen molar-refractivity contribution in [3.63, 3.8) is 0 Å². The van der Waals surface area contributed by atoms with Gasteiger partial charge in [0.05, 0.1) is 5.69 Å². The first-order chi connectivity index (χ1) is 10.6. The molecule has 22 heavy (non-hydrogen) atoms. The van der Waals surface area contributed by atoms with Gasteiger partial charge in [-0.2, -0.15) is 4.99 Å². The predicted molar refractivity (Wildman–Crippen MR) is 89.9 cm³/mol. The lowest BCUT2D eigenvalue weighted by Gasteiger charge is -2.09. The van der Waals surface area contributed by atoms with Crippen LogP contribution in [-0.2, 0) is 0 Å². The molecule has 1 aromatic heterocycles. The maximum Gasteiger partial charge on any atom is 0.253 e. The summed E-state index contributed by atoms with van der Waals surface area (Å²) in [5.74, 6) is 0.729. The van der Waals surface area contributed by atoms with Crippen LogP contribution in [0.4, 0.5) is 5.95 Å². The lowest BCUT2D eigenvalue weighted by atomic mass is 10.1. The summed E-state index contributed by atoms with van der Waals surface area (Å²) < 4.78 is 0. The smallest absolute Gasteiger partial charge is 0.253 e. The van der Waals surface area contributed by atoms with Gasteiger partial charge in [-0.3, -0.25) is 0 Å². The molecule has 5 heteroatoms. The van der Waals surface area contributed by atoms with Gasteiger partial charge in [-0.25, -0.2) is 9.97 Å². The van der Waals surface area contributed by atoms with Crippen molar-refractivity contribution in [2.45, 2.75) is 0 Å². The fourth-order valence-electron chi connectivity index (χ4n) is 2.11. The Hall–Kier alpha value is -2.95. The van der Waals surface area contributed by atoms with Crippen LogP contribution in [0, 0.1) is 0 Å². The van der Waals surface area contributed by atoms with Crippen LogP contribution in [0.5, 0.6) is 0 Å². The number of hydrogen-bond donors (Lipinski definition) is 1. The van der Waals surface area contributed by atoms with Crippen molar-refractivity contribution in [3.05, 3.63) is 54.7 Å². The minimum absolute atomic E-state index is 0.358. The molecule has 1 heterocycles. The maximum absolute atomic E-state index is 5.81. The number of benzene rings is 2. The van der Waals surface area contributed by atoms with Crippen LogP contribution in [0.1, 0.15) is 0 Å². The molecule has 0 saturated carbocycles. The normalized spacial score (nSPS) is 11.6. The molecule has 0 atom stereocenters. The molecule has 0 fully saturated rings. The zero-order chi connectivity index (χ0) is 15.5. The summed E-state index contributed by atoms with van der Waals surface area (Å²) in [6, 6.07) is 16.4. The Balaban J connectivity index is 2.02. The quantitative estimate of drug-likeness (QED) is 0.582. The van der Waals surface area contributed by atoms with Crippen molar-refractivity contribution >= 4 is 22.7 Å². The second-order valence-corrected chi connectivity index (χ2v) is 5.17. The van der Waals surface area contributed by atoms with E-state index < -0.39 is 0 Å². The van der Waals surface area contributed by atoms with E-state index in [0.717, 1.165) is 11.3 Å². The zero-order valence-electron chi connectivity index (χ0n) is 12.6. The topological polar surface area (TPSA) is 67.4 Å². The summed E-state index contributed by atoms with van der Waals surface area (Å²) >= 11 is 0. The van der Waals surface area contributed by atoms with Gasteiger partial charge in [0.2, 0.25) is 0 Å². The summed E-state index contributed by atoms with van der Waals surface area (Å²) in [5.41, 5.74) is 7.66. The number of aromatic nitrogens is 2. The van der Waals surface area contributed by atoms with Crippen LogP contribution in [0.3, 0.4) is 0 Å². The molecule has 0 aliphatic rings. The van der Waals surface area contributed by atoms with Gasteiger partial charge in [0.15, 0.2) is 5.96 Å². The average molecular weight is 291 g/mol. The standard InChI is InChI=1S/C17H17N5/c1-22(2)16(18)21-17-19-10-9-15(20-17)14-8-7-12-5-3-4-6-13(12)11-14/h3-11H,1-2H3,(H2,18,19,20,21). The van der Waals surface area contributed by atoms with Gasteiger partial charge in [-0.05, 0) is 22.9 Å². The third-order valence-corrected chi connectivity index (χ3v) is 3.36. The molecule has 2 N–H and O–H groups in total. The van der Waals surface area contributed by atoms with Gasteiger partial charge in [-0.15, -0.1) is 0 Å². The van der Waals surface area contributed by atoms with Crippen molar-refractivity contribution in [3.8, 4) is 11.3 Å². The van der Waals surface area contributed by atoms with Gasteiger partial charge >= 0.3 is 0 Å². The summed E-state index contributed by atoms with van der Waals surface area (Å²) in [7, 11) is 3.65. The molecule has 0 spiro atoms. The largest absolute Gasteiger partial charge is 0.369 e. The molecule has 0 amide bonds. The van der Waals surface area contributed by atoms with Gasteiger partial charge in [-0.1, -0.05) is 36.4 Å². The predicted octanol–water partition coefficient (Wildman–Crippen LogP) is 2.80. The Bertz CT molecular complexity index is 839. The molecule has 0 aliphatic carbocycles.